The lowest BCUT2D eigenvalue weighted by molar-refractivity contribution is 0.0934. The van der Waals surface area contributed by atoms with Crippen LogP contribution in [-0.4, -0.2) is 16.9 Å². The minimum atomic E-state index is -0.0265. The molecular formula is C16H20N2OS. The maximum absolute atomic E-state index is 12.2. The third-order valence-corrected chi connectivity index (χ3v) is 4.32. The van der Waals surface area contributed by atoms with Crippen molar-refractivity contribution in [2.24, 2.45) is 0 Å². The molecule has 2 rings (SSSR count). The SMILES string of the molecule is CCC(CC)NC(=O)c1ccc(-c2cccs2)nc1C. The second-order valence-corrected chi connectivity index (χ2v) is 5.74. The van der Waals surface area contributed by atoms with Crippen LogP contribution in [0.15, 0.2) is 29.6 Å². The van der Waals surface area contributed by atoms with E-state index >= 15 is 0 Å². The molecule has 0 fully saturated rings. The summed E-state index contributed by atoms with van der Waals surface area (Å²) in [6.07, 6.45) is 1.89. The van der Waals surface area contributed by atoms with Gasteiger partial charge in [-0.25, -0.2) is 0 Å². The Kier molecular flexibility index (Phi) is 4.90. The molecule has 20 heavy (non-hydrogen) atoms. The van der Waals surface area contributed by atoms with Gasteiger partial charge in [0, 0.05) is 6.04 Å². The smallest absolute Gasteiger partial charge is 0.253 e. The van der Waals surface area contributed by atoms with E-state index in [9.17, 15) is 4.79 Å². The zero-order valence-corrected chi connectivity index (χ0v) is 13.0. The van der Waals surface area contributed by atoms with Crippen LogP contribution in [0.5, 0.6) is 0 Å². The summed E-state index contributed by atoms with van der Waals surface area (Å²) in [5, 5.41) is 5.08. The number of nitrogens with zero attached hydrogens (tertiary/aromatic N) is 1. The normalized spacial score (nSPS) is 10.8. The van der Waals surface area contributed by atoms with Gasteiger partial charge in [-0.2, -0.15) is 0 Å². The third kappa shape index (κ3) is 3.25. The van der Waals surface area contributed by atoms with E-state index in [4.69, 9.17) is 0 Å². The summed E-state index contributed by atoms with van der Waals surface area (Å²) in [7, 11) is 0. The summed E-state index contributed by atoms with van der Waals surface area (Å²) in [5.74, 6) is -0.0265. The van der Waals surface area contributed by atoms with E-state index in [0.717, 1.165) is 29.1 Å². The molecule has 0 aliphatic heterocycles. The van der Waals surface area contributed by atoms with Crippen LogP contribution in [-0.2, 0) is 0 Å². The Morgan fingerprint density at radius 3 is 2.60 bits per heavy atom. The number of carbonyl (C=O) groups excluding carboxylic acids is 1. The highest BCUT2D eigenvalue weighted by Gasteiger charge is 2.14. The fourth-order valence-electron chi connectivity index (χ4n) is 2.12. The highest BCUT2D eigenvalue weighted by atomic mass is 32.1. The molecule has 1 N–H and O–H groups in total. The number of pyridine rings is 1. The summed E-state index contributed by atoms with van der Waals surface area (Å²) in [4.78, 5) is 17.9. The molecule has 0 aliphatic rings. The van der Waals surface area contributed by atoms with Gasteiger partial charge >= 0.3 is 0 Å². The van der Waals surface area contributed by atoms with Crippen LogP contribution < -0.4 is 5.32 Å². The van der Waals surface area contributed by atoms with Gasteiger partial charge in [-0.3, -0.25) is 9.78 Å². The molecule has 106 valence electrons. The maximum atomic E-state index is 12.2. The van der Waals surface area contributed by atoms with Crippen LogP contribution in [0.2, 0.25) is 0 Å². The van der Waals surface area contributed by atoms with Crippen molar-refractivity contribution >= 4 is 17.2 Å². The number of hydrogen-bond donors (Lipinski definition) is 1. The van der Waals surface area contributed by atoms with Gasteiger partial charge in [0.05, 0.1) is 21.8 Å². The van der Waals surface area contributed by atoms with Crippen molar-refractivity contribution in [3.05, 3.63) is 40.9 Å². The molecule has 0 bridgehead atoms. The Morgan fingerprint density at radius 2 is 2.05 bits per heavy atom. The van der Waals surface area contributed by atoms with Crippen molar-refractivity contribution in [2.75, 3.05) is 0 Å². The van der Waals surface area contributed by atoms with Crippen LogP contribution in [0.3, 0.4) is 0 Å². The average Bonchev–Trinajstić information content (AvgIpc) is 2.98. The van der Waals surface area contributed by atoms with Crippen molar-refractivity contribution in [2.45, 2.75) is 39.7 Å². The topological polar surface area (TPSA) is 42.0 Å². The first-order chi connectivity index (χ1) is 9.65. The molecule has 2 aromatic rings. The van der Waals surface area contributed by atoms with E-state index < -0.39 is 0 Å². The molecule has 2 aromatic heterocycles. The second kappa shape index (κ2) is 6.66. The van der Waals surface area contributed by atoms with Gasteiger partial charge in [0.1, 0.15) is 0 Å². The van der Waals surface area contributed by atoms with Crippen molar-refractivity contribution < 1.29 is 4.79 Å². The molecule has 0 atom stereocenters. The average molecular weight is 288 g/mol. The van der Waals surface area contributed by atoms with E-state index in [-0.39, 0.29) is 11.9 Å². The lowest BCUT2D eigenvalue weighted by Gasteiger charge is -2.15. The fraction of sp³-hybridized carbons (Fsp3) is 0.375. The molecule has 2 heterocycles. The summed E-state index contributed by atoms with van der Waals surface area (Å²) >= 11 is 1.65. The molecule has 0 saturated heterocycles. The van der Waals surface area contributed by atoms with Gasteiger partial charge in [-0.05, 0) is 43.3 Å². The largest absolute Gasteiger partial charge is 0.349 e. The third-order valence-electron chi connectivity index (χ3n) is 3.42. The highest BCUT2D eigenvalue weighted by Crippen LogP contribution is 2.23. The standard InChI is InChI=1S/C16H20N2OS/c1-4-12(5-2)18-16(19)13-8-9-14(17-11(13)3)15-7-6-10-20-15/h6-10,12H,4-5H2,1-3H3,(H,18,19). The van der Waals surface area contributed by atoms with Crippen molar-refractivity contribution in [1.29, 1.82) is 0 Å². The number of aryl methyl sites for hydroxylation is 1. The molecule has 0 spiro atoms. The molecule has 0 radical (unpaired) electrons. The molecular weight excluding hydrogens is 268 g/mol. The van der Waals surface area contributed by atoms with Crippen molar-refractivity contribution in [3.63, 3.8) is 0 Å². The fourth-order valence-corrected chi connectivity index (χ4v) is 2.81. The van der Waals surface area contributed by atoms with E-state index in [1.54, 1.807) is 11.3 Å². The first-order valence-electron chi connectivity index (χ1n) is 6.98. The molecule has 0 saturated carbocycles. The summed E-state index contributed by atoms with van der Waals surface area (Å²) in [6.45, 7) is 6.05. The number of hydrogen-bond acceptors (Lipinski definition) is 3. The van der Waals surface area contributed by atoms with Crippen LogP contribution in [0.4, 0.5) is 0 Å². The zero-order chi connectivity index (χ0) is 14.5. The lowest BCUT2D eigenvalue weighted by Crippen LogP contribution is -2.34. The van der Waals surface area contributed by atoms with Crippen LogP contribution in [0.25, 0.3) is 10.6 Å². The Morgan fingerprint density at radius 1 is 1.30 bits per heavy atom. The number of aromatic nitrogens is 1. The zero-order valence-electron chi connectivity index (χ0n) is 12.1. The number of thiophene rings is 1. The molecule has 1 amide bonds. The number of nitrogens with one attached hydrogen (secondary N) is 1. The Hall–Kier alpha value is -1.68. The van der Waals surface area contributed by atoms with E-state index in [1.807, 2.05) is 36.6 Å². The quantitative estimate of drug-likeness (QED) is 0.902. The minimum Gasteiger partial charge on any atom is -0.349 e. The van der Waals surface area contributed by atoms with Crippen molar-refractivity contribution in [1.82, 2.24) is 10.3 Å². The molecule has 3 nitrogen and oxygen atoms in total. The van der Waals surface area contributed by atoms with Crippen molar-refractivity contribution in [3.8, 4) is 10.6 Å². The molecule has 0 aromatic carbocycles. The van der Waals surface area contributed by atoms with Gasteiger partial charge in [-0.15, -0.1) is 11.3 Å². The number of carbonyl (C=O) groups is 1. The first kappa shape index (κ1) is 14.7. The maximum Gasteiger partial charge on any atom is 0.253 e. The Labute approximate surface area is 124 Å². The summed E-state index contributed by atoms with van der Waals surface area (Å²) in [6, 6.07) is 8.07. The molecule has 0 unspecified atom stereocenters. The van der Waals surface area contributed by atoms with Crippen LogP contribution in [0, 0.1) is 6.92 Å². The van der Waals surface area contributed by atoms with Gasteiger partial charge in [0.25, 0.3) is 5.91 Å². The Bertz CT molecular complexity index is 574. The van der Waals surface area contributed by atoms with Gasteiger partial charge < -0.3 is 5.32 Å². The second-order valence-electron chi connectivity index (χ2n) is 4.79. The van der Waals surface area contributed by atoms with E-state index in [2.05, 4.69) is 24.1 Å². The molecule has 4 heteroatoms. The summed E-state index contributed by atoms with van der Waals surface area (Å²) < 4.78 is 0. The van der Waals surface area contributed by atoms with E-state index in [1.165, 1.54) is 0 Å². The first-order valence-corrected chi connectivity index (χ1v) is 7.86. The van der Waals surface area contributed by atoms with Crippen LogP contribution >= 0.6 is 11.3 Å². The van der Waals surface area contributed by atoms with E-state index in [0.29, 0.717) is 5.56 Å². The van der Waals surface area contributed by atoms with Gasteiger partial charge in [0.15, 0.2) is 0 Å². The molecule has 0 aliphatic carbocycles. The Balaban J connectivity index is 2.19. The monoisotopic (exact) mass is 288 g/mol. The van der Waals surface area contributed by atoms with Gasteiger partial charge in [0.2, 0.25) is 0 Å². The summed E-state index contributed by atoms with van der Waals surface area (Å²) in [5.41, 5.74) is 2.37. The number of rotatable bonds is 5. The predicted molar refractivity (Wildman–Crippen MR) is 84.1 cm³/mol. The van der Waals surface area contributed by atoms with Crippen LogP contribution in [0.1, 0.15) is 42.7 Å². The minimum absolute atomic E-state index is 0.0265. The highest BCUT2D eigenvalue weighted by molar-refractivity contribution is 7.13. The van der Waals surface area contributed by atoms with Gasteiger partial charge in [-0.1, -0.05) is 19.9 Å². The predicted octanol–water partition coefficient (Wildman–Crippen LogP) is 4.04. The number of amides is 1. The lowest BCUT2D eigenvalue weighted by atomic mass is 10.1.